The van der Waals surface area contributed by atoms with Crippen LogP contribution < -0.4 is 21.3 Å². The number of amides is 8. The quantitative estimate of drug-likeness (QED) is 0.0611. The molecule has 7 aromatic heterocycles. The highest BCUT2D eigenvalue weighted by atomic mass is 35.5. The number of H-pyrrole nitrogens is 4. The van der Waals surface area contributed by atoms with Gasteiger partial charge in [-0.05, 0) is 90.5 Å². The summed E-state index contributed by atoms with van der Waals surface area (Å²) in [6.45, 7) is 4.72. The standard InChI is InChI=1S/C20H19ClN4O2.C19H15FN6O.C18H17ClN4O2S.C18H17ClN4OS/c21-14-7-4-8-15(9-14)22-20(27)25-11-17-18(10-16(25)12-26)23-24-19(17)13-5-2-1-3-6-13;20-17-15(6-8-22-16(17)10-21)23-19(27)26-9-7-14-13(11-26)18(25-24-14)12-4-2-1-3-5-12;19-11-2-1-3-12(8-11)20-18(25)23-6-4-15-14(9-23)17(22-21-15)13-5-7-26-16(13)10-24;1-11-7-16-15(17(22-21-16)12-5-6-25-10-12)9-23(11)18(24)20-14-4-2-3-13(19)8-14/h1-9,16,26H,10-12H2,(H,22,27)(H,23,24);1-6,8H,7,9,11H2,(H,24,25)(H,22,23,27);1-3,5,7-8,24H,4,6,9-10H2,(H,20,25)(H,21,22);2-6,8,10-11H,7,9H2,1H3,(H,20,24)(H,21,22). The molecule has 0 radical (unpaired) electrons. The summed E-state index contributed by atoms with van der Waals surface area (Å²) in [4.78, 5) is 62.2. The third kappa shape index (κ3) is 16.7. The van der Waals surface area contributed by atoms with E-state index in [4.69, 9.17) is 40.1 Å². The zero-order valence-electron chi connectivity index (χ0n) is 56.2. The first-order valence-electron chi connectivity index (χ1n) is 33.3. The number of hydrogen-bond acceptors (Lipinski definition) is 14. The summed E-state index contributed by atoms with van der Waals surface area (Å²) in [6, 6.07) is 46.6. The molecule has 5 aromatic carbocycles. The van der Waals surface area contributed by atoms with Crippen molar-refractivity contribution in [2.24, 2.45) is 0 Å². The van der Waals surface area contributed by atoms with Crippen LogP contribution in [0, 0.1) is 17.1 Å². The Morgan fingerprint density at radius 1 is 0.562 bits per heavy atom. The number of aromatic amines is 4. The van der Waals surface area contributed by atoms with Crippen molar-refractivity contribution in [1.29, 1.82) is 5.26 Å². The molecule has 16 rings (SSSR count). The third-order valence-corrected chi connectivity index (χ3v) is 20.4. The van der Waals surface area contributed by atoms with Crippen LogP contribution in [0.2, 0.25) is 15.1 Å². The number of nitrogens with one attached hydrogen (secondary N) is 8. The minimum absolute atomic E-state index is 0.0202. The number of nitriles is 1. The highest BCUT2D eigenvalue weighted by Gasteiger charge is 2.35. The van der Waals surface area contributed by atoms with Gasteiger partial charge in [0.1, 0.15) is 6.07 Å². The maximum absolute atomic E-state index is 14.1. The van der Waals surface area contributed by atoms with E-state index >= 15 is 0 Å². The molecule has 2 atom stereocenters. The molecular weight excluding hydrogens is 1440 g/mol. The second-order valence-electron chi connectivity index (χ2n) is 24.9. The van der Waals surface area contributed by atoms with Crippen LogP contribution in [0.4, 0.5) is 46.3 Å². The first-order valence-corrected chi connectivity index (χ1v) is 36.3. The van der Waals surface area contributed by atoms with Crippen molar-refractivity contribution in [1.82, 2.24) is 65.4 Å². The Morgan fingerprint density at radius 3 is 1.57 bits per heavy atom. The lowest BCUT2D eigenvalue weighted by molar-refractivity contribution is 0.129. The molecule has 2 unspecified atom stereocenters. The van der Waals surface area contributed by atoms with Crippen LogP contribution in [0.1, 0.15) is 62.5 Å². The van der Waals surface area contributed by atoms with Gasteiger partial charge in [-0.2, -0.15) is 37.0 Å². The van der Waals surface area contributed by atoms with Gasteiger partial charge in [0.2, 0.25) is 0 Å². The van der Waals surface area contributed by atoms with Crippen LogP contribution in [0.15, 0.2) is 174 Å². The van der Waals surface area contributed by atoms with Gasteiger partial charge in [0.05, 0.1) is 73.9 Å². The van der Waals surface area contributed by atoms with Gasteiger partial charge in [-0.3, -0.25) is 20.4 Å². The molecule has 11 heterocycles. The summed E-state index contributed by atoms with van der Waals surface area (Å²) < 4.78 is 14.1. The first-order chi connectivity index (χ1) is 51.1. The molecule has 0 spiro atoms. The molecular formula is C75H68Cl3FN18O6S2. The number of nitrogens with zero attached hydrogens (tertiary/aromatic N) is 10. The lowest BCUT2D eigenvalue weighted by atomic mass is 9.97. The second-order valence-corrected chi connectivity index (χ2v) is 27.9. The summed E-state index contributed by atoms with van der Waals surface area (Å²) in [5, 5.41) is 77.2. The van der Waals surface area contributed by atoms with Gasteiger partial charge in [-0.25, -0.2) is 28.6 Å². The molecule has 0 bridgehead atoms. The van der Waals surface area contributed by atoms with Crippen molar-refractivity contribution in [3.8, 4) is 51.1 Å². The van der Waals surface area contributed by atoms with Crippen molar-refractivity contribution in [2.75, 3.05) is 41.0 Å². The fraction of sp³-hybridized carbons (Fsp3) is 0.200. The van der Waals surface area contributed by atoms with Crippen LogP contribution in [0.3, 0.4) is 0 Å². The summed E-state index contributed by atoms with van der Waals surface area (Å²) in [7, 11) is 0. The molecule has 0 saturated carbocycles. The molecule has 4 aliphatic heterocycles. The summed E-state index contributed by atoms with van der Waals surface area (Å²) in [6.07, 6.45) is 3.91. The van der Waals surface area contributed by atoms with E-state index in [1.54, 1.807) is 92.8 Å². The van der Waals surface area contributed by atoms with E-state index in [1.165, 1.54) is 23.6 Å². The number of carbonyl (C=O) groups is 4. The zero-order valence-corrected chi connectivity index (χ0v) is 60.1. The maximum Gasteiger partial charge on any atom is 0.322 e. The SMILES string of the molecule is CC1Cc2[nH]nc(-c3ccsc3)c2CN1C(=O)Nc1cccc(Cl)c1.N#Cc1nccc(NC(=O)N2CCc3[nH]nc(-c4ccccc4)c3C2)c1F.O=C(Nc1cccc(Cl)c1)N1CCc2[nH]nc(-c3ccsc3CO)c2C1.O=C(Nc1cccc(Cl)c1)N1Cc2c(-c3ccccc3)n[nH]c2CC1CO. The molecule has 0 aliphatic carbocycles. The fourth-order valence-electron chi connectivity index (χ4n) is 12.8. The molecule has 8 amide bonds. The number of anilines is 4. The molecule has 12 aromatic rings. The van der Waals surface area contributed by atoms with Crippen molar-refractivity contribution in [3.63, 3.8) is 0 Å². The average molecular weight is 1510 g/mol. The fourth-order valence-corrected chi connectivity index (χ4v) is 14.7. The summed E-state index contributed by atoms with van der Waals surface area (Å²) in [5.41, 5.74) is 17.1. The number of pyridine rings is 1. The number of fused-ring (bicyclic) bond motifs is 4. The lowest BCUT2D eigenvalue weighted by Crippen LogP contribution is -2.48. The van der Waals surface area contributed by atoms with Crippen LogP contribution in [-0.2, 0) is 58.5 Å². The number of rotatable bonds is 10. The maximum atomic E-state index is 14.1. The smallest absolute Gasteiger partial charge is 0.322 e. The van der Waals surface area contributed by atoms with Gasteiger partial charge in [-0.1, -0.05) is 114 Å². The number of aromatic nitrogens is 9. The summed E-state index contributed by atoms with van der Waals surface area (Å²) >= 11 is 21.1. The largest absolute Gasteiger partial charge is 0.394 e. The van der Waals surface area contributed by atoms with Gasteiger partial charge >= 0.3 is 24.1 Å². The Balaban J connectivity index is 0.000000124. The molecule has 0 fully saturated rings. The normalized spacial score (nSPS) is 14.8. The Hall–Kier alpha value is -11.2. The van der Waals surface area contributed by atoms with Crippen LogP contribution in [0.5, 0.6) is 0 Å². The molecule has 534 valence electrons. The monoisotopic (exact) mass is 1500 g/mol. The van der Waals surface area contributed by atoms with Crippen LogP contribution in [-0.4, -0.2) is 131 Å². The summed E-state index contributed by atoms with van der Waals surface area (Å²) in [5.74, 6) is -0.834. The van der Waals surface area contributed by atoms with E-state index < -0.39 is 11.8 Å². The Kier molecular flexibility index (Phi) is 22.7. The highest BCUT2D eigenvalue weighted by Crippen LogP contribution is 2.37. The van der Waals surface area contributed by atoms with Gasteiger partial charge in [0.25, 0.3) is 0 Å². The Bertz CT molecular complexity index is 5120. The minimum Gasteiger partial charge on any atom is -0.394 e. The molecule has 105 heavy (non-hydrogen) atoms. The van der Waals surface area contributed by atoms with E-state index in [-0.39, 0.29) is 54.8 Å². The predicted molar refractivity (Wildman–Crippen MR) is 404 cm³/mol. The number of aliphatic hydroxyl groups is 2. The number of halogens is 4. The van der Waals surface area contributed by atoms with Gasteiger partial charge in [-0.15, -0.1) is 11.3 Å². The molecule has 24 nitrogen and oxygen atoms in total. The highest BCUT2D eigenvalue weighted by molar-refractivity contribution is 7.10. The number of benzene rings is 5. The predicted octanol–water partition coefficient (Wildman–Crippen LogP) is 15.4. The third-order valence-electron chi connectivity index (χ3n) is 18.1. The zero-order chi connectivity index (χ0) is 73.1. The topological polar surface area (TPSA) is 321 Å². The number of thiophene rings is 2. The average Bonchev–Trinajstić information content (AvgIpc) is 1.69. The molecule has 10 N–H and O–H groups in total. The number of carbonyl (C=O) groups excluding carboxylic acids is 4. The minimum atomic E-state index is -0.834. The van der Waals surface area contributed by atoms with E-state index in [0.29, 0.717) is 90.7 Å². The number of aliphatic hydroxyl groups excluding tert-OH is 2. The molecule has 4 aliphatic rings. The molecule has 0 saturated heterocycles. The van der Waals surface area contributed by atoms with Crippen molar-refractivity contribution in [3.05, 3.63) is 250 Å². The lowest BCUT2D eigenvalue weighted by Gasteiger charge is -2.34. The first kappa shape index (κ1) is 72.1. The molecule has 30 heteroatoms. The number of hydrogen-bond donors (Lipinski definition) is 10. The van der Waals surface area contributed by atoms with Gasteiger partial charge < -0.3 is 51.1 Å². The van der Waals surface area contributed by atoms with E-state index in [2.05, 4.69) is 78.5 Å². The Labute approximate surface area is 624 Å². The van der Waals surface area contributed by atoms with Crippen LogP contribution in [0.25, 0.3) is 45.0 Å². The van der Waals surface area contributed by atoms with Crippen molar-refractivity contribution in [2.45, 2.75) is 77.5 Å². The van der Waals surface area contributed by atoms with E-state index in [1.807, 2.05) is 101 Å². The Morgan fingerprint density at radius 2 is 1.05 bits per heavy atom. The van der Waals surface area contributed by atoms with Crippen molar-refractivity contribution >= 4 is 104 Å². The second kappa shape index (κ2) is 33.0. The number of urea groups is 4. The van der Waals surface area contributed by atoms with Crippen LogP contribution >= 0.6 is 57.5 Å². The van der Waals surface area contributed by atoms with Gasteiger partial charge in [0, 0.05) is 161 Å². The van der Waals surface area contributed by atoms with Gasteiger partial charge in [0.15, 0.2) is 11.5 Å². The van der Waals surface area contributed by atoms with Crippen molar-refractivity contribution < 1.29 is 33.8 Å². The van der Waals surface area contributed by atoms with E-state index in [9.17, 15) is 33.8 Å². The van der Waals surface area contributed by atoms with E-state index in [0.717, 1.165) is 101 Å².